The zero-order valence-electron chi connectivity index (χ0n) is 12.6. The average molecular weight is 288 g/mol. The van der Waals surface area contributed by atoms with Gasteiger partial charge in [0.25, 0.3) is 5.91 Å². The van der Waals surface area contributed by atoms with E-state index in [1.807, 2.05) is 6.92 Å². The van der Waals surface area contributed by atoms with Gasteiger partial charge in [-0.3, -0.25) is 0 Å². The summed E-state index contributed by atoms with van der Waals surface area (Å²) in [5.41, 5.74) is 3.90. The minimum Gasteiger partial charge on any atom is -0.386 e. The zero-order valence-corrected chi connectivity index (χ0v) is 12.6. The summed E-state index contributed by atoms with van der Waals surface area (Å²) >= 11 is 0. The summed E-state index contributed by atoms with van der Waals surface area (Å²) in [6.45, 7) is 6.36. The van der Waals surface area contributed by atoms with Crippen LogP contribution in [0.4, 0.5) is 0 Å². The first-order valence-corrected chi connectivity index (χ1v) is 7.49. The van der Waals surface area contributed by atoms with Crippen LogP contribution >= 0.6 is 0 Å². The van der Waals surface area contributed by atoms with Crippen LogP contribution in [0.5, 0.6) is 0 Å². The molecule has 0 amide bonds. The molecule has 0 bridgehead atoms. The van der Waals surface area contributed by atoms with Crippen LogP contribution in [0, 0.1) is 45.3 Å². The van der Waals surface area contributed by atoms with Gasteiger partial charge in [0.05, 0.1) is 24.8 Å². The van der Waals surface area contributed by atoms with Crippen LogP contribution < -0.4 is 5.73 Å². The Morgan fingerprint density at radius 3 is 2.48 bits per heavy atom. The summed E-state index contributed by atoms with van der Waals surface area (Å²) in [4.78, 5) is 4.29. The van der Waals surface area contributed by atoms with Crippen molar-refractivity contribution in [2.75, 3.05) is 6.61 Å². The number of aliphatic imine (C=N–C) groups is 1. The molecule has 3 aliphatic rings. The summed E-state index contributed by atoms with van der Waals surface area (Å²) in [5, 5.41) is 19.7. The molecule has 1 saturated heterocycles. The summed E-state index contributed by atoms with van der Waals surface area (Å²) in [7, 11) is 0. The van der Waals surface area contributed by atoms with Gasteiger partial charge in [-0.1, -0.05) is 26.7 Å². The molecule has 21 heavy (non-hydrogen) atoms. The minimum atomic E-state index is -1.39. The average Bonchev–Trinajstić information content (AvgIpc) is 2.84. The summed E-state index contributed by atoms with van der Waals surface area (Å²) in [6, 6.07) is 4.60. The van der Waals surface area contributed by atoms with Crippen molar-refractivity contribution >= 4 is 5.84 Å². The number of ether oxygens (including phenoxy) is 2. The SMILES string of the molecule is CCC(CC)[C@@H]1[C@@]2(C#N)[C@@]3(N=C(N)[C@@]12C#N)OC[C@H](C)O3. The number of rotatable bonds is 3. The topological polar surface area (TPSA) is 104 Å². The third-order valence-corrected chi connectivity index (χ3v) is 5.39. The number of nitrogens with two attached hydrogens (primary N) is 1. The van der Waals surface area contributed by atoms with Crippen molar-refractivity contribution in [2.45, 2.75) is 45.6 Å². The molecular formula is C15H20N4O2. The number of hydrogen-bond acceptors (Lipinski definition) is 6. The second-order valence-electron chi connectivity index (χ2n) is 6.21. The lowest BCUT2D eigenvalue weighted by molar-refractivity contribution is -0.196. The summed E-state index contributed by atoms with van der Waals surface area (Å²) < 4.78 is 11.6. The largest absolute Gasteiger partial charge is 0.386 e. The Labute approximate surface area is 124 Å². The van der Waals surface area contributed by atoms with Gasteiger partial charge in [0.1, 0.15) is 11.3 Å². The maximum Gasteiger partial charge on any atom is 0.293 e. The van der Waals surface area contributed by atoms with Gasteiger partial charge in [0.15, 0.2) is 5.41 Å². The molecule has 2 heterocycles. The first-order valence-electron chi connectivity index (χ1n) is 7.49. The van der Waals surface area contributed by atoms with Gasteiger partial charge in [-0.2, -0.15) is 10.5 Å². The fourth-order valence-electron chi connectivity index (χ4n) is 4.39. The van der Waals surface area contributed by atoms with Crippen molar-refractivity contribution in [3.05, 3.63) is 0 Å². The molecule has 2 N–H and O–H groups in total. The van der Waals surface area contributed by atoms with Crippen LogP contribution in [0.15, 0.2) is 4.99 Å². The maximum atomic E-state index is 9.91. The van der Waals surface area contributed by atoms with Crippen molar-refractivity contribution in [1.29, 1.82) is 10.5 Å². The first kappa shape index (κ1) is 14.3. The Morgan fingerprint density at radius 1 is 1.38 bits per heavy atom. The van der Waals surface area contributed by atoms with Gasteiger partial charge in [0.2, 0.25) is 0 Å². The van der Waals surface area contributed by atoms with Crippen LogP contribution in [-0.4, -0.2) is 24.5 Å². The van der Waals surface area contributed by atoms with E-state index < -0.39 is 16.7 Å². The van der Waals surface area contributed by atoms with E-state index in [1.54, 1.807) is 0 Å². The van der Waals surface area contributed by atoms with E-state index in [2.05, 4.69) is 31.0 Å². The molecular weight excluding hydrogens is 268 g/mol. The van der Waals surface area contributed by atoms with E-state index in [4.69, 9.17) is 15.2 Å². The molecule has 1 saturated carbocycles. The van der Waals surface area contributed by atoms with Crippen molar-refractivity contribution in [3.8, 4) is 12.1 Å². The Hall–Kier alpha value is -1.63. The Kier molecular flexibility index (Phi) is 2.86. The lowest BCUT2D eigenvalue weighted by atomic mass is 9.89. The highest BCUT2D eigenvalue weighted by atomic mass is 16.8. The van der Waals surface area contributed by atoms with Crippen LogP contribution in [-0.2, 0) is 9.47 Å². The van der Waals surface area contributed by atoms with E-state index in [-0.39, 0.29) is 23.8 Å². The van der Waals surface area contributed by atoms with E-state index in [0.717, 1.165) is 12.8 Å². The Bertz CT molecular complexity index is 587. The normalized spacial score (nSPS) is 47.0. The van der Waals surface area contributed by atoms with E-state index in [9.17, 15) is 10.5 Å². The number of hydrogen-bond donors (Lipinski definition) is 1. The lowest BCUT2D eigenvalue weighted by Crippen LogP contribution is -2.40. The van der Waals surface area contributed by atoms with Crippen molar-refractivity contribution in [1.82, 2.24) is 0 Å². The quantitative estimate of drug-likeness (QED) is 0.848. The molecule has 112 valence electrons. The molecule has 3 rings (SSSR count). The fourth-order valence-corrected chi connectivity index (χ4v) is 4.39. The van der Waals surface area contributed by atoms with E-state index >= 15 is 0 Å². The highest BCUT2D eigenvalue weighted by Crippen LogP contribution is 2.81. The molecule has 0 aromatic heterocycles. The Morgan fingerprint density at radius 2 is 2.05 bits per heavy atom. The standard InChI is InChI=1S/C15H20N4O2/c1-4-10(5-2)11-13(7-16)12(18)19-15(14(11,13)8-17)20-6-9(3)21-15/h9-11H,4-6H2,1-3H3,(H2,18,19)/t9-,11-,13+,14+,15+/m0/s1. The third kappa shape index (κ3) is 1.27. The molecule has 1 aliphatic carbocycles. The molecule has 6 nitrogen and oxygen atoms in total. The predicted molar refractivity (Wildman–Crippen MR) is 74.5 cm³/mol. The molecule has 0 aromatic rings. The van der Waals surface area contributed by atoms with Gasteiger partial charge >= 0.3 is 0 Å². The summed E-state index contributed by atoms with van der Waals surface area (Å²) in [6.07, 6.45) is 1.60. The monoisotopic (exact) mass is 288 g/mol. The van der Waals surface area contributed by atoms with E-state index in [1.165, 1.54) is 0 Å². The molecule has 0 unspecified atom stereocenters. The molecule has 5 atom stereocenters. The lowest BCUT2D eigenvalue weighted by Gasteiger charge is -2.28. The van der Waals surface area contributed by atoms with Crippen molar-refractivity contribution in [2.24, 2.45) is 33.4 Å². The van der Waals surface area contributed by atoms with E-state index in [0.29, 0.717) is 6.61 Å². The fraction of sp³-hybridized carbons (Fsp3) is 0.800. The van der Waals surface area contributed by atoms with Crippen molar-refractivity contribution < 1.29 is 9.47 Å². The number of nitriles is 2. The molecule has 2 fully saturated rings. The zero-order chi connectivity index (χ0) is 15.5. The number of nitrogens with zero attached hydrogens (tertiary/aromatic N) is 3. The smallest absolute Gasteiger partial charge is 0.293 e. The highest BCUT2D eigenvalue weighted by Gasteiger charge is 2.94. The molecule has 0 radical (unpaired) electrons. The summed E-state index contributed by atoms with van der Waals surface area (Å²) in [5.74, 6) is -1.16. The second-order valence-corrected chi connectivity index (χ2v) is 6.21. The van der Waals surface area contributed by atoms with Crippen LogP contribution in [0.1, 0.15) is 33.6 Å². The van der Waals surface area contributed by atoms with Crippen LogP contribution in [0.3, 0.4) is 0 Å². The molecule has 2 aliphatic heterocycles. The first-order chi connectivity index (χ1) is 9.99. The Balaban J connectivity index is 2.15. The number of fused-ring (bicyclic) bond motifs is 2. The highest BCUT2D eigenvalue weighted by molar-refractivity contribution is 5.98. The van der Waals surface area contributed by atoms with Crippen LogP contribution in [0.2, 0.25) is 0 Å². The number of amidine groups is 1. The molecule has 6 heteroatoms. The second kappa shape index (κ2) is 4.19. The van der Waals surface area contributed by atoms with Gasteiger partial charge < -0.3 is 15.2 Å². The minimum absolute atomic E-state index is 0.163. The van der Waals surface area contributed by atoms with Gasteiger partial charge in [-0.05, 0) is 12.8 Å². The van der Waals surface area contributed by atoms with Crippen LogP contribution in [0.25, 0.3) is 0 Å². The van der Waals surface area contributed by atoms with Gasteiger partial charge in [0, 0.05) is 5.92 Å². The van der Waals surface area contributed by atoms with Gasteiger partial charge in [-0.15, -0.1) is 0 Å². The van der Waals surface area contributed by atoms with Crippen molar-refractivity contribution in [3.63, 3.8) is 0 Å². The molecule has 1 spiro atoms. The molecule has 0 aromatic carbocycles. The van der Waals surface area contributed by atoms with Gasteiger partial charge in [-0.25, -0.2) is 4.99 Å². The predicted octanol–water partition coefficient (Wildman–Crippen LogP) is 1.53. The third-order valence-electron chi connectivity index (χ3n) is 5.39. The maximum absolute atomic E-state index is 9.91.